The SMILES string of the molecule is NC(=O)c1cc2ccc(=O)[nH]c2cn1. The standard InChI is InChI=1S/C9H7N3O2/c10-9(14)6-3-5-1-2-8(13)12-7(5)4-11-6/h1-4H,(H2,10,14)(H,12,13). The highest BCUT2D eigenvalue weighted by molar-refractivity contribution is 5.94. The van der Waals surface area contributed by atoms with Crippen molar-refractivity contribution in [3.8, 4) is 0 Å². The van der Waals surface area contributed by atoms with Gasteiger partial charge in [-0.05, 0) is 12.1 Å². The van der Waals surface area contributed by atoms with E-state index < -0.39 is 5.91 Å². The molecule has 14 heavy (non-hydrogen) atoms. The van der Waals surface area contributed by atoms with Crippen LogP contribution in [0.5, 0.6) is 0 Å². The molecule has 2 heterocycles. The molecule has 0 spiro atoms. The van der Waals surface area contributed by atoms with Crippen molar-refractivity contribution in [2.24, 2.45) is 5.73 Å². The van der Waals surface area contributed by atoms with Crippen LogP contribution >= 0.6 is 0 Å². The van der Waals surface area contributed by atoms with E-state index >= 15 is 0 Å². The number of aromatic amines is 1. The fourth-order valence-corrected chi connectivity index (χ4v) is 1.19. The molecule has 0 atom stereocenters. The van der Waals surface area contributed by atoms with Crippen molar-refractivity contribution in [3.05, 3.63) is 40.4 Å². The van der Waals surface area contributed by atoms with Crippen LogP contribution in [-0.2, 0) is 0 Å². The molecule has 0 saturated carbocycles. The van der Waals surface area contributed by atoms with Gasteiger partial charge in [0.2, 0.25) is 5.56 Å². The second-order valence-electron chi connectivity index (χ2n) is 2.84. The predicted molar refractivity (Wildman–Crippen MR) is 50.9 cm³/mol. The van der Waals surface area contributed by atoms with E-state index in [9.17, 15) is 9.59 Å². The number of H-pyrrole nitrogens is 1. The van der Waals surface area contributed by atoms with Gasteiger partial charge in [0.1, 0.15) is 5.69 Å². The fourth-order valence-electron chi connectivity index (χ4n) is 1.19. The maximum absolute atomic E-state index is 10.9. The highest BCUT2D eigenvalue weighted by Gasteiger charge is 2.02. The lowest BCUT2D eigenvalue weighted by Crippen LogP contribution is -2.13. The van der Waals surface area contributed by atoms with Gasteiger partial charge in [0.25, 0.3) is 5.91 Å². The van der Waals surface area contributed by atoms with Gasteiger partial charge in [-0.1, -0.05) is 0 Å². The van der Waals surface area contributed by atoms with E-state index in [4.69, 9.17) is 5.73 Å². The van der Waals surface area contributed by atoms with Gasteiger partial charge in [-0.2, -0.15) is 0 Å². The Morgan fingerprint density at radius 1 is 1.43 bits per heavy atom. The van der Waals surface area contributed by atoms with Crippen LogP contribution in [0.3, 0.4) is 0 Å². The third-order valence-corrected chi connectivity index (χ3v) is 1.86. The topological polar surface area (TPSA) is 88.8 Å². The number of primary amides is 1. The van der Waals surface area contributed by atoms with Crippen molar-refractivity contribution in [2.75, 3.05) is 0 Å². The average Bonchev–Trinajstić information content (AvgIpc) is 2.16. The first kappa shape index (κ1) is 8.43. The van der Waals surface area contributed by atoms with Crippen molar-refractivity contribution in [3.63, 3.8) is 0 Å². The molecular formula is C9H7N3O2. The van der Waals surface area contributed by atoms with E-state index in [1.807, 2.05) is 0 Å². The molecule has 2 rings (SSSR count). The van der Waals surface area contributed by atoms with E-state index in [1.165, 1.54) is 18.3 Å². The Balaban J connectivity index is 2.73. The molecule has 3 N–H and O–H groups in total. The smallest absolute Gasteiger partial charge is 0.267 e. The summed E-state index contributed by atoms with van der Waals surface area (Å²) < 4.78 is 0. The molecule has 0 aliphatic rings. The fraction of sp³-hybridized carbons (Fsp3) is 0. The molecule has 0 saturated heterocycles. The van der Waals surface area contributed by atoms with Gasteiger partial charge in [-0.15, -0.1) is 0 Å². The van der Waals surface area contributed by atoms with E-state index in [1.54, 1.807) is 6.07 Å². The number of hydrogen-bond acceptors (Lipinski definition) is 3. The molecule has 0 aliphatic carbocycles. The van der Waals surface area contributed by atoms with Crippen molar-refractivity contribution in [1.82, 2.24) is 9.97 Å². The number of pyridine rings is 2. The van der Waals surface area contributed by atoms with Crippen LogP contribution in [0, 0.1) is 0 Å². The zero-order chi connectivity index (χ0) is 10.1. The van der Waals surface area contributed by atoms with Crippen LogP contribution in [0.1, 0.15) is 10.5 Å². The van der Waals surface area contributed by atoms with Gasteiger partial charge < -0.3 is 10.7 Å². The number of fused-ring (bicyclic) bond motifs is 1. The van der Waals surface area contributed by atoms with Gasteiger partial charge >= 0.3 is 0 Å². The van der Waals surface area contributed by atoms with Crippen molar-refractivity contribution >= 4 is 16.8 Å². The van der Waals surface area contributed by atoms with E-state index in [-0.39, 0.29) is 11.3 Å². The number of carbonyl (C=O) groups excluding carboxylic acids is 1. The maximum atomic E-state index is 10.9. The summed E-state index contributed by atoms with van der Waals surface area (Å²) in [6, 6.07) is 4.53. The van der Waals surface area contributed by atoms with Crippen LogP contribution < -0.4 is 11.3 Å². The number of carbonyl (C=O) groups is 1. The Labute approximate surface area is 78.6 Å². The molecule has 1 amide bonds. The minimum Gasteiger partial charge on any atom is -0.364 e. The number of aromatic nitrogens is 2. The van der Waals surface area contributed by atoms with Gasteiger partial charge in [0.15, 0.2) is 0 Å². The summed E-state index contributed by atoms with van der Waals surface area (Å²) in [7, 11) is 0. The lowest BCUT2D eigenvalue weighted by atomic mass is 10.2. The van der Waals surface area contributed by atoms with Crippen molar-refractivity contribution < 1.29 is 4.79 Å². The molecule has 5 heteroatoms. The van der Waals surface area contributed by atoms with Crippen LogP contribution in [0.2, 0.25) is 0 Å². The van der Waals surface area contributed by atoms with Gasteiger partial charge in [0, 0.05) is 11.5 Å². The number of nitrogens with one attached hydrogen (secondary N) is 1. The summed E-state index contributed by atoms with van der Waals surface area (Å²) >= 11 is 0. The molecule has 70 valence electrons. The molecule has 0 unspecified atom stereocenters. The summed E-state index contributed by atoms with van der Waals surface area (Å²) in [5.74, 6) is -0.585. The minimum atomic E-state index is -0.585. The highest BCUT2D eigenvalue weighted by atomic mass is 16.1. The van der Waals surface area contributed by atoms with Gasteiger partial charge in [-0.25, -0.2) is 4.98 Å². The molecule has 0 aliphatic heterocycles. The summed E-state index contributed by atoms with van der Waals surface area (Å²) in [6.07, 6.45) is 1.41. The first-order valence-electron chi connectivity index (χ1n) is 3.96. The minimum absolute atomic E-state index is 0.185. The Morgan fingerprint density at radius 3 is 2.93 bits per heavy atom. The van der Waals surface area contributed by atoms with Gasteiger partial charge in [-0.3, -0.25) is 9.59 Å². The number of rotatable bonds is 1. The second kappa shape index (κ2) is 2.95. The summed E-state index contributed by atoms with van der Waals surface area (Å²) in [5.41, 5.74) is 5.63. The highest BCUT2D eigenvalue weighted by Crippen LogP contribution is 2.08. The third kappa shape index (κ3) is 1.35. The Kier molecular flexibility index (Phi) is 1.78. The quantitative estimate of drug-likeness (QED) is 0.662. The number of nitrogens with zero attached hydrogens (tertiary/aromatic N) is 1. The molecule has 0 radical (unpaired) electrons. The Morgan fingerprint density at radius 2 is 2.21 bits per heavy atom. The van der Waals surface area contributed by atoms with Crippen LogP contribution in [0.4, 0.5) is 0 Å². The monoisotopic (exact) mass is 189 g/mol. The summed E-state index contributed by atoms with van der Waals surface area (Å²) in [6.45, 7) is 0. The number of nitrogens with two attached hydrogens (primary N) is 1. The second-order valence-corrected chi connectivity index (χ2v) is 2.84. The lowest BCUT2D eigenvalue weighted by molar-refractivity contribution is 0.0996. The van der Waals surface area contributed by atoms with Crippen LogP contribution in [0.15, 0.2) is 29.2 Å². The molecule has 0 fully saturated rings. The average molecular weight is 189 g/mol. The summed E-state index contributed by atoms with van der Waals surface area (Å²) in [4.78, 5) is 28.1. The zero-order valence-electron chi connectivity index (χ0n) is 7.15. The molecule has 0 aromatic carbocycles. The summed E-state index contributed by atoms with van der Waals surface area (Å²) in [5, 5.41) is 0.730. The first-order chi connectivity index (χ1) is 6.66. The third-order valence-electron chi connectivity index (χ3n) is 1.86. The van der Waals surface area contributed by atoms with Gasteiger partial charge in [0.05, 0.1) is 11.7 Å². The Bertz CT molecular complexity index is 559. The first-order valence-corrected chi connectivity index (χ1v) is 3.96. The number of amides is 1. The van der Waals surface area contributed by atoms with E-state index in [0.717, 1.165) is 5.39 Å². The Hall–Kier alpha value is -2.17. The number of hydrogen-bond donors (Lipinski definition) is 2. The molecule has 2 aromatic rings. The van der Waals surface area contributed by atoms with E-state index in [2.05, 4.69) is 9.97 Å². The van der Waals surface area contributed by atoms with E-state index in [0.29, 0.717) is 5.52 Å². The van der Waals surface area contributed by atoms with Crippen molar-refractivity contribution in [1.29, 1.82) is 0 Å². The zero-order valence-corrected chi connectivity index (χ0v) is 7.15. The van der Waals surface area contributed by atoms with Crippen molar-refractivity contribution in [2.45, 2.75) is 0 Å². The normalized spacial score (nSPS) is 10.3. The molecule has 2 aromatic heterocycles. The predicted octanol–water partition coefficient (Wildman–Crippen LogP) is 0.0220. The maximum Gasteiger partial charge on any atom is 0.267 e. The molecule has 0 bridgehead atoms. The van der Waals surface area contributed by atoms with Crippen LogP contribution in [-0.4, -0.2) is 15.9 Å². The largest absolute Gasteiger partial charge is 0.364 e. The molecule has 5 nitrogen and oxygen atoms in total. The lowest BCUT2D eigenvalue weighted by Gasteiger charge is -1.98. The van der Waals surface area contributed by atoms with Crippen LogP contribution in [0.25, 0.3) is 10.9 Å². The molecular weight excluding hydrogens is 182 g/mol.